The van der Waals surface area contributed by atoms with E-state index in [9.17, 15) is 14.4 Å². The number of anilines is 1. The summed E-state index contributed by atoms with van der Waals surface area (Å²) in [7, 11) is 0. The third kappa shape index (κ3) is 4.74. The zero-order valence-electron chi connectivity index (χ0n) is 16.5. The fourth-order valence-corrected chi connectivity index (χ4v) is 3.57. The molecule has 1 heterocycles. The van der Waals surface area contributed by atoms with Gasteiger partial charge < -0.3 is 4.74 Å². The van der Waals surface area contributed by atoms with Gasteiger partial charge in [-0.25, -0.2) is 9.69 Å². The molecule has 0 saturated carbocycles. The number of carbonyl (C=O) groups excluding carboxylic acids is 3. The van der Waals surface area contributed by atoms with Gasteiger partial charge in [-0.1, -0.05) is 57.9 Å². The Labute approximate surface area is 197 Å². The number of ether oxygens (including phenoxy) is 1. The molecule has 1 aliphatic heterocycles. The molecule has 3 aromatic rings. The molecule has 0 atom stereocenters. The molecule has 1 saturated heterocycles. The van der Waals surface area contributed by atoms with Crippen LogP contribution in [0.25, 0.3) is 6.08 Å². The predicted octanol–water partition coefficient (Wildman–Crippen LogP) is 5.35. The second kappa shape index (κ2) is 9.38. The number of benzene rings is 3. The molecule has 32 heavy (non-hydrogen) atoms. The highest BCUT2D eigenvalue weighted by Crippen LogP contribution is 2.25. The van der Waals surface area contributed by atoms with Gasteiger partial charge >= 0.3 is 6.03 Å². The predicted molar refractivity (Wildman–Crippen MR) is 125 cm³/mol. The lowest BCUT2D eigenvalue weighted by Gasteiger charge is -2.26. The van der Waals surface area contributed by atoms with Gasteiger partial charge in [0.1, 0.15) is 17.9 Å². The first-order chi connectivity index (χ1) is 15.4. The van der Waals surface area contributed by atoms with E-state index < -0.39 is 17.8 Å². The standard InChI is InChI=1S/C24H16BrClN2O4/c25-17-8-10-18(11-9-17)28-23(30)20(22(29)27-24(28)31)13-15-4-3-6-19(12-15)32-14-16-5-1-2-7-21(16)26/h1-13H,14H2,(H,27,29,31)/b20-13-. The van der Waals surface area contributed by atoms with E-state index in [2.05, 4.69) is 21.2 Å². The Hall–Kier alpha value is -3.42. The second-order valence-electron chi connectivity index (χ2n) is 6.89. The molecule has 8 heteroatoms. The summed E-state index contributed by atoms with van der Waals surface area (Å²) in [6, 6.07) is 20.1. The van der Waals surface area contributed by atoms with Gasteiger partial charge in [-0.05, 0) is 54.1 Å². The van der Waals surface area contributed by atoms with Crippen LogP contribution in [0.15, 0.2) is 82.8 Å². The number of carbonyl (C=O) groups is 3. The van der Waals surface area contributed by atoms with Crippen LogP contribution in [0.5, 0.6) is 5.75 Å². The Morgan fingerprint density at radius 2 is 1.72 bits per heavy atom. The zero-order chi connectivity index (χ0) is 22.7. The highest BCUT2D eigenvalue weighted by atomic mass is 79.9. The maximum absolute atomic E-state index is 13.0. The van der Waals surface area contributed by atoms with Crippen molar-refractivity contribution >= 4 is 57.1 Å². The number of amides is 4. The molecule has 160 valence electrons. The van der Waals surface area contributed by atoms with Gasteiger partial charge in [-0.2, -0.15) is 0 Å². The largest absolute Gasteiger partial charge is 0.489 e. The minimum Gasteiger partial charge on any atom is -0.489 e. The topological polar surface area (TPSA) is 75.7 Å². The molecule has 1 fully saturated rings. The lowest BCUT2D eigenvalue weighted by Crippen LogP contribution is -2.54. The van der Waals surface area contributed by atoms with E-state index in [0.717, 1.165) is 14.9 Å². The van der Waals surface area contributed by atoms with Crippen LogP contribution in [0.4, 0.5) is 10.5 Å². The number of hydrogen-bond donors (Lipinski definition) is 1. The van der Waals surface area contributed by atoms with Crippen molar-refractivity contribution in [1.82, 2.24) is 5.32 Å². The summed E-state index contributed by atoms with van der Waals surface area (Å²) in [5.41, 5.74) is 1.61. The molecular formula is C24H16BrClN2O4. The van der Waals surface area contributed by atoms with Crippen molar-refractivity contribution in [3.63, 3.8) is 0 Å². The van der Waals surface area contributed by atoms with Gasteiger partial charge in [-0.3, -0.25) is 14.9 Å². The highest BCUT2D eigenvalue weighted by molar-refractivity contribution is 9.10. The van der Waals surface area contributed by atoms with Gasteiger partial charge in [-0.15, -0.1) is 0 Å². The minimum absolute atomic E-state index is 0.157. The third-order valence-electron chi connectivity index (χ3n) is 4.71. The van der Waals surface area contributed by atoms with Crippen LogP contribution in [0.1, 0.15) is 11.1 Å². The summed E-state index contributed by atoms with van der Waals surface area (Å²) in [6.07, 6.45) is 1.43. The smallest absolute Gasteiger partial charge is 0.335 e. The van der Waals surface area contributed by atoms with Gasteiger partial charge in [0.2, 0.25) is 0 Å². The van der Waals surface area contributed by atoms with E-state index in [1.807, 2.05) is 18.2 Å². The fraction of sp³-hybridized carbons (Fsp3) is 0.0417. The number of nitrogens with zero attached hydrogens (tertiary/aromatic N) is 1. The van der Waals surface area contributed by atoms with Crippen LogP contribution in [0.3, 0.4) is 0 Å². The van der Waals surface area contributed by atoms with Crippen LogP contribution in [0, 0.1) is 0 Å². The fourth-order valence-electron chi connectivity index (χ4n) is 3.12. The number of hydrogen-bond acceptors (Lipinski definition) is 4. The molecule has 3 aromatic carbocycles. The maximum atomic E-state index is 13.0. The summed E-state index contributed by atoms with van der Waals surface area (Å²) < 4.78 is 6.60. The third-order valence-corrected chi connectivity index (χ3v) is 5.61. The van der Waals surface area contributed by atoms with Gasteiger partial charge in [0, 0.05) is 15.1 Å². The first-order valence-corrected chi connectivity index (χ1v) is 10.7. The molecule has 0 radical (unpaired) electrons. The highest BCUT2D eigenvalue weighted by Gasteiger charge is 2.36. The summed E-state index contributed by atoms with van der Waals surface area (Å²) in [5, 5.41) is 2.82. The first kappa shape index (κ1) is 21.8. The van der Waals surface area contributed by atoms with Gasteiger partial charge in [0.15, 0.2) is 0 Å². The van der Waals surface area contributed by atoms with Crippen molar-refractivity contribution in [3.05, 3.63) is 99.0 Å². The van der Waals surface area contributed by atoms with Crippen molar-refractivity contribution in [2.75, 3.05) is 4.90 Å². The van der Waals surface area contributed by atoms with Crippen LogP contribution < -0.4 is 15.0 Å². The summed E-state index contributed by atoms with van der Waals surface area (Å²) in [6.45, 7) is 0.269. The van der Waals surface area contributed by atoms with Crippen LogP contribution >= 0.6 is 27.5 Å². The molecule has 4 rings (SSSR count). The molecule has 4 amide bonds. The number of rotatable bonds is 5. The molecule has 0 aliphatic carbocycles. The Morgan fingerprint density at radius 3 is 2.47 bits per heavy atom. The average Bonchev–Trinajstić information content (AvgIpc) is 2.77. The Morgan fingerprint density at radius 1 is 0.969 bits per heavy atom. The Bertz CT molecular complexity index is 1240. The SMILES string of the molecule is O=C1NC(=O)N(c2ccc(Br)cc2)C(=O)/C1=C\c1cccc(OCc2ccccc2Cl)c1. The zero-order valence-corrected chi connectivity index (χ0v) is 18.9. The van der Waals surface area contributed by atoms with E-state index in [-0.39, 0.29) is 12.2 Å². The van der Waals surface area contributed by atoms with E-state index >= 15 is 0 Å². The average molecular weight is 512 g/mol. The Balaban J connectivity index is 1.58. The molecule has 0 unspecified atom stereocenters. The van der Waals surface area contributed by atoms with E-state index in [0.29, 0.717) is 22.0 Å². The van der Waals surface area contributed by atoms with Crippen LogP contribution in [-0.4, -0.2) is 17.8 Å². The summed E-state index contributed by atoms with van der Waals surface area (Å²) >= 11 is 9.48. The van der Waals surface area contributed by atoms with E-state index in [1.165, 1.54) is 6.08 Å². The minimum atomic E-state index is -0.795. The molecule has 1 aliphatic rings. The number of nitrogens with one attached hydrogen (secondary N) is 1. The lowest BCUT2D eigenvalue weighted by atomic mass is 10.1. The van der Waals surface area contributed by atoms with Crippen LogP contribution in [-0.2, 0) is 16.2 Å². The number of halogens is 2. The molecule has 6 nitrogen and oxygen atoms in total. The number of urea groups is 1. The molecule has 0 bridgehead atoms. The maximum Gasteiger partial charge on any atom is 0.335 e. The Kier molecular flexibility index (Phi) is 6.39. The quantitative estimate of drug-likeness (QED) is 0.370. The number of imide groups is 2. The van der Waals surface area contributed by atoms with Gasteiger partial charge in [0.05, 0.1) is 5.69 Å². The van der Waals surface area contributed by atoms with Crippen molar-refractivity contribution < 1.29 is 19.1 Å². The van der Waals surface area contributed by atoms with E-state index in [4.69, 9.17) is 16.3 Å². The molecular weight excluding hydrogens is 496 g/mol. The normalized spacial score (nSPS) is 15.1. The molecule has 1 N–H and O–H groups in total. The molecule has 0 spiro atoms. The van der Waals surface area contributed by atoms with Crippen molar-refractivity contribution in [1.29, 1.82) is 0 Å². The first-order valence-electron chi connectivity index (χ1n) is 9.55. The van der Waals surface area contributed by atoms with Crippen molar-refractivity contribution in [3.8, 4) is 5.75 Å². The van der Waals surface area contributed by atoms with Crippen molar-refractivity contribution in [2.45, 2.75) is 6.61 Å². The monoisotopic (exact) mass is 510 g/mol. The summed E-state index contributed by atoms with van der Waals surface area (Å²) in [4.78, 5) is 38.6. The molecule has 0 aromatic heterocycles. The van der Waals surface area contributed by atoms with Gasteiger partial charge in [0.25, 0.3) is 11.8 Å². The van der Waals surface area contributed by atoms with Crippen molar-refractivity contribution in [2.24, 2.45) is 0 Å². The lowest BCUT2D eigenvalue weighted by molar-refractivity contribution is -0.122. The summed E-state index contributed by atoms with van der Waals surface area (Å²) in [5.74, 6) is -0.914. The van der Waals surface area contributed by atoms with Crippen LogP contribution in [0.2, 0.25) is 5.02 Å². The second-order valence-corrected chi connectivity index (χ2v) is 8.21. The number of barbiturate groups is 1. The van der Waals surface area contributed by atoms with E-state index in [1.54, 1.807) is 54.6 Å².